The molecule has 6 aliphatic rings. The molecule has 5 aliphatic carbocycles. The van der Waals surface area contributed by atoms with E-state index in [9.17, 15) is 45.6 Å². The second-order valence-electron chi connectivity index (χ2n) is 18.0. The van der Waals surface area contributed by atoms with Crippen LogP contribution in [0.3, 0.4) is 0 Å². The van der Waals surface area contributed by atoms with E-state index in [1.165, 1.54) is 13.8 Å². The Bertz CT molecular complexity index is 1220. The lowest BCUT2D eigenvalue weighted by Crippen LogP contribution is -2.65. The van der Waals surface area contributed by atoms with Crippen molar-refractivity contribution in [2.75, 3.05) is 13.2 Å². The van der Waals surface area contributed by atoms with Crippen LogP contribution in [0, 0.1) is 50.7 Å². The van der Waals surface area contributed by atoms with Gasteiger partial charge in [-0.1, -0.05) is 20.8 Å². The molecule has 0 bridgehead atoms. The highest BCUT2D eigenvalue weighted by atomic mass is 16.7. The van der Waals surface area contributed by atoms with Gasteiger partial charge in [-0.25, -0.2) is 0 Å². The summed E-state index contributed by atoms with van der Waals surface area (Å²) in [6.45, 7) is 11.1. The van der Waals surface area contributed by atoms with Gasteiger partial charge in [0.15, 0.2) is 6.29 Å². The summed E-state index contributed by atoms with van der Waals surface area (Å²) in [6, 6.07) is 0. The van der Waals surface area contributed by atoms with E-state index in [1.54, 1.807) is 6.92 Å². The van der Waals surface area contributed by atoms with Crippen LogP contribution in [0.25, 0.3) is 0 Å². The van der Waals surface area contributed by atoms with Crippen LogP contribution in [0.15, 0.2) is 0 Å². The summed E-state index contributed by atoms with van der Waals surface area (Å²) < 4.78 is 11.6. The van der Waals surface area contributed by atoms with Crippen molar-refractivity contribution in [2.45, 2.75) is 154 Å². The van der Waals surface area contributed by atoms with Gasteiger partial charge in [-0.05, 0) is 118 Å². The number of carbonyl (C=O) groups is 1. The molecule has 1 heterocycles. The molecule has 0 aromatic carbocycles. The van der Waals surface area contributed by atoms with Gasteiger partial charge in [0.25, 0.3) is 0 Å². The normalized spacial score (nSPS) is 52.7. The minimum Gasteiger partial charge on any atom is -0.481 e. The first-order valence-corrected chi connectivity index (χ1v) is 18.0. The fourth-order valence-electron chi connectivity index (χ4n) is 12.8. The zero-order chi connectivity index (χ0) is 34.8. The zero-order valence-corrected chi connectivity index (χ0v) is 29.1. The van der Waals surface area contributed by atoms with Crippen LogP contribution in [0.5, 0.6) is 0 Å². The minimum atomic E-state index is -1.57. The SMILES string of the molecule is C[C@H](CC[C@@](O)(CO)C(C)(C)O)[C@H]1CC[C@@]2(C)[C@@H]3CC[C@H]4[C@](C)(C(=O)O)[C@@H](O[C@@H]5OC[C@@H](O)[C@H](O)[C@H]5O)C[C@H](O)[C@@]45C[C@@]35CC[C@]12C. The van der Waals surface area contributed by atoms with Gasteiger partial charge in [-0.3, -0.25) is 4.79 Å². The lowest BCUT2D eigenvalue weighted by Gasteiger charge is -2.64. The number of fused-ring (bicyclic) bond motifs is 2. The number of aliphatic hydroxyl groups is 7. The van der Waals surface area contributed by atoms with Crippen molar-refractivity contribution in [1.29, 1.82) is 0 Å². The summed E-state index contributed by atoms with van der Waals surface area (Å²) in [4.78, 5) is 13.2. The van der Waals surface area contributed by atoms with Gasteiger partial charge in [-0.15, -0.1) is 0 Å². The summed E-state index contributed by atoms with van der Waals surface area (Å²) >= 11 is 0. The smallest absolute Gasteiger partial charge is 0.312 e. The molecule has 0 aromatic heterocycles. The third kappa shape index (κ3) is 4.66. The summed E-state index contributed by atoms with van der Waals surface area (Å²) in [5, 5.41) is 85.1. The fourth-order valence-corrected chi connectivity index (χ4v) is 12.8. The van der Waals surface area contributed by atoms with Crippen LogP contribution in [-0.4, -0.2) is 108 Å². The van der Waals surface area contributed by atoms with E-state index in [2.05, 4.69) is 20.8 Å². The molecule has 0 aromatic rings. The first-order valence-electron chi connectivity index (χ1n) is 18.0. The van der Waals surface area contributed by atoms with Crippen molar-refractivity contribution in [1.82, 2.24) is 0 Å². The van der Waals surface area contributed by atoms with Gasteiger partial charge < -0.3 is 50.3 Å². The van der Waals surface area contributed by atoms with Crippen molar-refractivity contribution in [3.05, 3.63) is 0 Å². The standard InChI is InChI=1S/C36H60O11/c1-19(9-12-35(45,18-37)30(2,3)44)20-10-11-32(5)22-7-8-23-33(6,29(42)43)25(47-28-27(41)26(40)21(38)16-46-28)15-24(39)36(23)17-34(22,36)14-13-31(20,32)4/h19-28,37-41,44-45H,7-18H2,1-6H3,(H,42,43)/t19-,20-,21-,22+,23+,24+,25+,26+,27-,28+,31-,32+,33+,34+,35-,36-/m1/s1. The Kier molecular flexibility index (Phi) is 8.64. The molecule has 0 amide bonds. The van der Waals surface area contributed by atoms with Crippen LogP contribution in [-0.2, 0) is 14.3 Å². The highest BCUT2D eigenvalue weighted by Gasteiger charge is 2.86. The van der Waals surface area contributed by atoms with Crippen LogP contribution in [0.1, 0.15) is 106 Å². The maximum Gasteiger partial charge on any atom is 0.312 e. The number of aliphatic carboxylic acids is 1. The van der Waals surface area contributed by atoms with Gasteiger partial charge >= 0.3 is 5.97 Å². The van der Waals surface area contributed by atoms with Crippen molar-refractivity contribution in [3.63, 3.8) is 0 Å². The first-order chi connectivity index (χ1) is 21.7. The third-order valence-electron chi connectivity index (χ3n) is 16.1. The van der Waals surface area contributed by atoms with Crippen molar-refractivity contribution in [2.24, 2.45) is 50.7 Å². The Morgan fingerprint density at radius 2 is 1.62 bits per heavy atom. The Morgan fingerprint density at radius 3 is 2.23 bits per heavy atom. The quantitative estimate of drug-likeness (QED) is 0.168. The van der Waals surface area contributed by atoms with E-state index in [0.717, 1.165) is 38.5 Å². The average molecular weight is 669 g/mol. The number of carboxylic acids is 1. The molecular weight excluding hydrogens is 608 g/mol. The molecule has 0 unspecified atom stereocenters. The summed E-state index contributed by atoms with van der Waals surface area (Å²) in [6.07, 6.45) is -0.00247. The number of carboxylic acid groups (broad SMARTS) is 1. The van der Waals surface area contributed by atoms with Gasteiger partial charge in [-0.2, -0.15) is 0 Å². The van der Waals surface area contributed by atoms with E-state index in [4.69, 9.17) is 9.47 Å². The predicted octanol–water partition coefficient (Wildman–Crippen LogP) is 2.20. The molecule has 5 saturated carbocycles. The summed E-state index contributed by atoms with van der Waals surface area (Å²) in [5.41, 5.74) is -5.04. The summed E-state index contributed by atoms with van der Waals surface area (Å²) in [7, 11) is 0. The second-order valence-corrected chi connectivity index (χ2v) is 18.0. The Hall–Kier alpha value is -0.890. The van der Waals surface area contributed by atoms with E-state index >= 15 is 0 Å². The molecule has 1 aliphatic heterocycles. The van der Waals surface area contributed by atoms with Crippen molar-refractivity contribution >= 4 is 5.97 Å². The Morgan fingerprint density at radius 1 is 0.957 bits per heavy atom. The molecule has 6 rings (SSSR count). The molecular formula is C36H60O11. The zero-order valence-electron chi connectivity index (χ0n) is 29.1. The highest BCUT2D eigenvalue weighted by molar-refractivity contribution is 5.76. The van der Waals surface area contributed by atoms with E-state index in [-0.39, 0.29) is 41.1 Å². The number of hydrogen-bond acceptors (Lipinski definition) is 10. The van der Waals surface area contributed by atoms with Gasteiger partial charge in [0.2, 0.25) is 0 Å². The van der Waals surface area contributed by atoms with Crippen LogP contribution in [0.4, 0.5) is 0 Å². The average Bonchev–Trinajstić information content (AvgIpc) is 3.62. The van der Waals surface area contributed by atoms with Crippen LogP contribution >= 0.6 is 0 Å². The lowest BCUT2D eigenvalue weighted by molar-refractivity contribution is -0.309. The van der Waals surface area contributed by atoms with Crippen molar-refractivity contribution < 1.29 is 55.1 Å². The third-order valence-corrected chi connectivity index (χ3v) is 16.1. The highest BCUT2D eigenvalue weighted by Crippen LogP contribution is 2.89. The molecule has 47 heavy (non-hydrogen) atoms. The van der Waals surface area contributed by atoms with Gasteiger partial charge in [0.05, 0.1) is 36.4 Å². The van der Waals surface area contributed by atoms with Crippen LogP contribution in [0.2, 0.25) is 0 Å². The topological polar surface area (TPSA) is 197 Å². The maximum atomic E-state index is 13.2. The molecule has 16 atom stereocenters. The monoisotopic (exact) mass is 668 g/mol. The predicted molar refractivity (Wildman–Crippen MR) is 170 cm³/mol. The van der Waals surface area contributed by atoms with E-state index < -0.39 is 71.4 Å². The molecule has 0 radical (unpaired) electrons. The first kappa shape index (κ1) is 35.9. The van der Waals surface area contributed by atoms with Gasteiger partial charge in [0.1, 0.15) is 23.9 Å². The Labute approximate surface area is 278 Å². The molecule has 270 valence electrons. The lowest BCUT2D eigenvalue weighted by atomic mass is 9.41. The Balaban J connectivity index is 1.24. The van der Waals surface area contributed by atoms with E-state index in [0.29, 0.717) is 31.1 Å². The van der Waals surface area contributed by atoms with Crippen molar-refractivity contribution in [3.8, 4) is 0 Å². The fraction of sp³-hybridized carbons (Fsp3) is 0.972. The minimum absolute atomic E-state index is 0.00804. The number of ether oxygens (including phenoxy) is 2. The second kappa shape index (κ2) is 11.3. The molecule has 6 fully saturated rings. The summed E-state index contributed by atoms with van der Waals surface area (Å²) in [5.74, 6) is -0.336. The molecule has 11 heteroatoms. The molecule has 1 saturated heterocycles. The van der Waals surface area contributed by atoms with E-state index in [1.807, 2.05) is 0 Å². The molecule has 11 nitrogen and oxygen atoms in total. The largest absolute Gasteiger partial charge is 0.481 e. The maximum absolute atomic E-state index is 13.2. The van der Waals surface area contributed by atoms with Crippen LogP contribution < -0.4 is 0 Å². The molecule has 2 spiro atoms. The number of aliphatic hydroxyl groups excluding tert-OH is 5. The number of rotatable bonds is 9. The molecule has 8 N–H and O–H groups in total. The number of hydrogen-bond donors (Lipinski definition) is 8. The van der Waals surface area contributed by atoms with Gasteiger partial charge in [0, 0.05) is 11.8 Å².